The maximum absolute atomic E-state index is 13.3. The van der Waals surface area contributed by atoms with Gasteiger partial charge < -0.3 is 10.5 Å². The average Bonchev–Trinajstić information content (AvgIpc) is 2.73. The van der Waals surface area contributed by atoms with Crippen molar-refractivity contribution < 1.29 is 0 Å². The van der Waals surface area contributed by atoms with E-state index in [2.05, 4.69) is 19.7 Å². The van der Waals surface area contributed by atoms with Crippen LogP contribution in [0.1, 0.15) is 25.6 Å². The first kappa shape index (κ1) is 21.1. The lowest BCUT2D eigenvalue weighted by Crippen LogP contribution is -2.25. The van der Waals surface area contributed by atoms with Crippen LogP contribution in [-0.2, 0) is 0 Å². The van der Waals surface area contributed by atoms with Crippen molar-refractivity contribution in [2.45, 2.75) is 31.7 Å². The van der Waals surface area contributed by atoms with E-state index in [9.17, 15) is 4.79 Å². The highest BCUT2D eigenvalue weighted by Crippen LogP contribution is 2.29. The number of fused-ring (bicyclic) bond motifs is 1. The molecule has 0 saturated carbocycles. The Kier molecular flexibility index (Phi) is 5.84. The summed E-state index contributed by atoms with van der Waals surface area (Å²) in [6, 6.07) is 13.0. The van der Waals surface area contributed by atoms with E-state index < -0.39 is 0 Å². The van der Waals surface area contributed by atoms with Gasteiger partial charge in [-0.2, -0.15) is 4.98 Å². The van der Waals surface area contributed by atoms with Gasteiger partial charge in [-0.15, -0.1) is 0 Å². The summed E-state index contributed by atoms with van der Waals surface area (Å²) >= 11 is 7.59. The van der Waals surface area contributed by atoms with Crippen molar-refractivity contribution in [3.63, 3.8) is 0 Å². The van der Waals surface area contributed by atoms with E-state index >= 15 is 0 Å². The molecule has 0 aliphatic heterocycles. The molecule has 0 spiro atoms. The number of benzene rings is 1. The topological polar surface area (TPSA) is 98.7 Å². The van der Waals surface area contributed by atoms with E-state index in [-0.39, 0.29) is 17.5 Å². The zero-order chi connectivity index (χ0) is 22.1. The van der Waals surface area contributed by atoms with Gasteiger partial charge in [-0.25, -0.2) is 9.97 Å². The lowest BCUT2D eigenvalue weighted by atomic mass is 10.0. The van der Waals surface area contributed by atoms with Crippen LogP contribution in [0, 0.1) is 6.92 Å². The van der Waals surface area contributed by atoms with Gasteiger partial charge in [-0.1, -0.05) is 23.7 Å². The molecule has 0 fully saturated rings. The molecule has 0 aliphatic carbocycles. The summed E-state index contributed by atoms with van der Waals surface area (Å²) in [5.74, 6) is 0.811. The van der Waals surface area contributed by atoms with Gasteiger partial charge in [0.25, 0.3) is 5.56 Å². The first-order valence-electron chi connectivity index (χ1n) is 9.68. The number of rotatable bonds is 5. The molecular weight excluding hydrogens is 432 g/mol. The first-order chi connectivity index (χ1) is 14.8. The molecule has 3 heterocycles. The second-order valence-corrected chi connectivity index (χ2v) is 8.55. The molecule has 0 bridgehead atoms. The Hall–Kier alpha value is -3.10. The highest BCUT2D eigenvalue weighted by Gasteiger charge is 2.17. The number of nitrogens with one attached hydrogen (secondary N) is 1. The van der Waals surface area contributed by atoms with Crippen molar-refractivity contribution in [2.24, 2.45) is 0 Å². The standard InChI is InChI=1S/C22H21ClN6OS/c1-12(2)29-20-14(11-25-22(24)27-20)10-16(21(29)30)15-8-9-19(26-13(15)3)28-31-18-7-5-4-6-17(18)23/h4-12H,1-3H3,(H,26,28)(H2,24,25,27). The number of nitrogens with two attached hydrogens (primary N) is 1. The fourth-order valence-electron chi connectivity index (χ4n) is 3.34. The Labute approximate surface area is 188 Å². The Bertz CT molecular complexity index is 1340. The van der Waals surface area contributed by atoms with E-state index in [1.54, 1.807) is 16.8 Å². The number of anilines is 2. The average molecular weight is 453 g/mol. The van der Waals surface area contributed by atoms with Gasteiger partial charge in [0.2, 0.25) is 5.95 Å². The Balaban J connectivity index is 1.73. The molecule has 4 rings (SSSR count). The molecule has 31 heavy (non-hydrogen) atoms. The smallest absolute Gasteiger partial charge is 0.260 e. The molecule has 0 radical (unpaired) electrons. The van der Waals surface area contributed by atoms with Gasteiger partial charge >= 0.3 is 0 Å². The lowest BCUT2D eigenvalue weighted by Gasteiger charge is -2.16. The van der Waals surface area contributed by atoms with Crippen LogP contribution in [0.3, 0.4) is 0 Å². The number of aryl methyl sites for hydroxylation is 1. The van der Waals surface area contributed by atoms with Crippen LogP contribution in [0.15, 0.2) is 58.4 Å². The van der Waals surface area contributed by atoms with E-state index in [1.165, 1.54) is 11.9 Å². The third-order valence-corrected chi connectivity index (χ3v) is 6.12. The Morgan fingerprint density at radius 2 is 1.90 bits per heavy atom. The molecule has 4 aromatic rings. The van der Waals surface area contributed by atoms with Crippen molar-refractivity contribution in [1.82, 2.24) is 19.5 Å². The second kappa shape index (κ2) is 8.56. The van der Waals surface area contributed by atoms with Crippen molar-refractivity contribution in [2.75, 3.05) is 10.5 Å². The first-order valence-corrected chi connectivity index (χ1v) is 10.9. The fraction of sp³-hybridized carbons (Fsp3) is 0.182. The fourth-order valence-corrected chi connectivity index (χ4v) is 4.23. The molecule has 0 unspecified atom stereocenters. The highest BCUT2D eigenvalue weighted by atomic mass is 35.5. The van der Waals surface area contributed by atoms with Gasteiger partial charge in [0, 0.05) is 39.3 Å². The van der Waals surface area contributed by atoms with Crippen molar-refractivity contribution in [3.05, 3.63) is 69.7 Å². The number of hydrogen-bond acceptors (Lipinski definition) is 7. The maximum atomic E-state index is 13.3. The van der Waals surface area contributed by atoms with Crippen LogP contribution < -0.4 is 16.0 Å². The molecule has 0 amide bonds. The van der Waals surface area contributed by atoms with Gasteiger partial charge in [-0.05, 0) is 63.1 Å². The maximum Gasteiger partial charge on any atom is 0.260 e. The Morgan fingerprint density at radius 1 is 1.13 bits per heavy atom. The summed E-state index contributed by atoms with van der Waals surface area (Å²) < 4.78 is 4.85. The Morgan fingerprint density at radius 3 is 2.61 bits per heavy atom. The van der Waals surface area contributed by atoms with Crippen molar-refractivity contribution in [3.8, 4) is 11.1 Å². The summed E-state index contributed by atoms with van der Waals surface area (Å²) in [4.78, 5) is 27.2. The van der Waals surface area contributed by atoms with E-state index in [0.29, 0.717) is 22.1 Å². The molecule has 0 atom stereocenters. The SMILES string of the molecule is Cc1nc(NSc2ccccc2Cl)ccc1-c1cc2cnc(N)nc2n(C(C)C)c1=O. The molecule has 3 N–H and O–H groups in total. The van der Waals surface area contributed by atoms with Gasteiger partial charge in [0.1, 0.15) is 11.5 Å². The van der Waals surface area contributed by atoms with Crippen LogP contribution in [0.25, 0.3) is 22.2 Å². The molecular formula is C22H21ClN6OS. The molecule has 158 valence electrons. The van der Waals surface area contributed by atoms with E-state index in [4.69, 9.17) is 17.3 Å². The molecule has 1 aromatic carbocycles. The molecule has 0 aliphatic rings. The highest BCUT2D eigenvalue weighted by molar-refractivity contribution is 8.00. The predicted molar refractivity (Wildman–Crippen MR) is 127 cm³/mol. The minimum atomic E-state index is -0.142. The normalized spacial score (nSPS) is 11.3. The summed E-state index contributed by atoms with van der Waals surface area (Å²) in [5, 5.41) is 1.41. The number of nitrogens with zero attached hydrogens (tertiary/aromatic N) is 4. The van der Waals surface area contributed by atoms with Crippen LogP contribution >= 0.6 is 23.5 Å². The minimum absolute atomic E-state index is 0.0922. The second-order valence-electron chi connectivity index (χ2n) is 7.30. The number of hydrogen-bond donors (Lipinski definition) is 2. The largest absolute Gasteiger partial charge is 0.368 e. The van der Waals surface area contributed by atoms with Crippen molar-refractivity contribution >= 4 is 46.3 Å². The quantitative estimate of drug-likeness (QED) is 0.406. The zero-order valence-corrected chi connectivity index (χ0v) is 18.8. The zero-order valence-electron chi connectivity index (χ0n) is 17.3. The molecule has 7 nitrogen and oxygen atoms in total. The third-order valence-electron chi connectivity index (χ3n) is 4.79. The van der Waals surface area contributed by atoms with Crippen LogP contribution in [0.5, 0.6) is 0 Å². The summed E-state index contributed by atoms with van der Waals surface area (Å²) in [6.07, 6.45) is 1.64. The lowest BCUT2D eigenvalue weighted by molar-refractivity contribution is 0.596. The van der Waals surface area contributed by atoms with Gasteiger partial charge in [-0.3, -0.25) is 9.36 Å². The van der Waals surface area contributed by atoms with Crippen molar-refractivity contribution in [1.29, 1.82) is 0 Å². The third kappa shape index (κ3) is 4.22. The summed E-state index contributed by atoms with van der Waals surface area (Å²) in [5.41, 5.74) is 8.16. The van der Waals surface area contributed by atoms with E-state index in [0.717, 1.165) is 21.5 Å². The van der Waals surface area contributed by atoms with Crippen LogP contribution in [0.4, 0.5) is 11.8 Å². The van der Waals surface area contributed by atoms with Gasteiger partial charge in [0.05, 0.1) is 5.02 Å². The van der Waals surface area contributed by atoms with E-state index in [1.807, 2.05) is 57.2 Å². The van der Waals surface area contributed by atoms with Crippen LogP contribution in [-0.4, -0.2) is 19.5 Å². The molecule has 3 aromatic heterocycles. The number of halogens is 1. The number of nitrogen functional groups attached to an aromatic ring is 1. The number of aromatic nitrogens is 4. The number of pyridine rings is 2. The monoisotopic (exact) mass is 452 g/mol. The molecule has 9 heteroatoms. The summed E-state index contributed by atoms with van der Waals surface area (Å²) in [6.45, 7) is 5.75. The van der Waals surface area contributed by atoms with Crippen LogP contribution in [0.2, 0.25) is 5.02 Å². The molecule has 0 saturated heterocycles. The predicted octanol–water partition coefficient (Wildman–Crippen LogP) is 5.10. The van der Waals surface area contributed by atoms with Gasteiger partial charge in [0.15, 0.2) is 0 Å². The minimum Gasteiger partial charge on any atom is -0.368 e. The summed E-state index contributed by atoms with van der Waals surface area (Å²) in [7, 11) is 0.